The minimum atomic E-state index is -4.69. The fraction of sp³-hybridized carbons (Fsp3) is 0.0714. The molecule has 0 bridgehead atoms. The molecule has 0 aliphatic rings. The number of hydrogen-bond acceptors (Lipinski definition) is 6. The number of halogens is 4. The van der Waals surface area contributed by atoms with E-state index in [4.69, 9.17) is 4.74 Å². The van der Waals surface area contributed by atoms with Crippen LogP contribution >= 0.6 is 0 Å². The van der Waals surface area contributed by atoms with Gasteiger partial charge in [0.05, 0.1) is 28.2 Å². The standard InChI is InChI=1S/C28H20F4N6O2/c1-33-26-35-14-12-22(36-26)19-7-4-13-34-25(19)40-24-11-10-21(17-5-2-3-6-18(17)24)37-27(39)38-23-15-16(28(30,31)32)8-9-20(23)29/h2-15H,1H3,(H,33,35,36)(H2,37,38,39). The molecule has 0 saturated heterocycles. The highest BCUT2D eigenvalue weighted by atomic mass is 19.4. The number of benzene rings is 3. The Hall–Kier alpha value is -5.26. The molecule has 0 aliphatic carbocycles. The van der Waals surface area contributed by atoms with Crippen molar-refractivity contribution in [3.63, 3.8) is 0 Å². The van der Waals surface area contributed by atoms with Crippen LogP contribution in [0.25, 0.3) is 22.0 Å². The minimum Gasteiger partial charge on any atom is -0.438 e. The molecule has 0 aliphatic heterocycles. The Morgan fingerprint density at radius 2 is 1.62 bits per heavy atom. The Morgan fingerprint density at radius 3 is 2.40 bits per heavy atom. The number of fused-ring (bicyclic) bond motifs is 1. The second-order valence-corrected chi connectivity index (χ2v) is 8.40. The summed E-state index contributed by atoms with van der Waals surface area (Å²) in [5.41, 5.74) is -0.165. The Morgan fingerprint density at radius 1 is 0.850 bits per heavy atom. The van der Waals surface area contributed by atoms with E-state index in [-0.39, 0.29) is 5.88 Å². The van der Waals surface area contributed by atoms with Crippen LogP contribution in [0.3, 0.4) is 0 Å². The number of ether oxygens (including phenoxy) is 1. The predicted molar refractivity (Wildman–Crippen MR) is 143 cm³/mol. The van der Waals surface area contributed by atoms with E-state index in [2.05, 4.69) is 30.9 Å². The lowest BCUT2D eigenvalue weighted by Crippen LogP contribution is -2.21. The van der Waals surface area contributed by atoms with Crippen molar-refractivity contribution >= 4 is 34.1 Å². The van der Waals surface area contributed by atoms with Gasteiger partial charge in [-0.2, -0.15) is 13.2 Å². The average Bonchev–Trinajstić information content (AvgIpc) is 2.95. The SMILES string of the molecule is CNc1nccc(-c2cccnc2Oc2ccc(NC(=O)Nc3cc(C(F)(F)F)ccc3F)c3ccccc23)n1. The lowest BCUT2D eigenvalue weighted by atomic mass is 10.1. The van der Waals surface area contributed by atoms with Crippen LogP contribution in [0, 0.1) is 5.82 Å². The summed E-state index contributed by atoms with van der Waals surface area (Å²) in [6.45, 7) is 0. The van der Waals surface area contributed by atoms with E-state index in [1.54, 1.807) is 74.0 Å². The third-order valence-corrected chi connectivity index (χ3v) is 5.81. The molecule has 0 unspecified atom stereocenters. The van der Waals surface area contributed by atoms with Crippen molar-refractivity contribution in [2.75, 3.05) is 23.0 Å². The van der Waals surface area contributed by atoms with E-state index < -0.39 is 29.3 Å². The van der Waals surface area contributed by atoms with Crippen LogP contribution in [0.4, 0.5) is 39.7 Å². The van der Waals surface area contributed by atoms with Gasteiger partial charge in [-0.1, -0.05) is 24.3 Å². The summed E-state index contributed by atoms with van der Waals surface area (Å²) in [5, 5.41) is 8.77. The molecule has 3 aromatic carbocycles. The molecule has 0 radical (unpaired) electrons. The van der Waals surface area contributed by atoms with E-state index >= 15 is 0 Å². The highest BCUT2D eigenvalue weighted by Crippen LogP contribution is 2.37. The van der Waals surface area contributed by atoms with Crippen molar-refractivity contribution in [2.45, 2.75) is 6.18 Å². The number of urea groups is 1. The largest absolute Gasteiger partial charge is 0.438 e. The molecule has 2 aromatic heterocycles. The molecular weight excluding hydrogens is 528 g/mol. The van der Waals surface area contributed by atoms with Gasteiger partial charge in [0.1, 0.15) is 11.6 Å². The molecular formula is C28H20F4N6O2. The highest BCUT2D eigenvalue weighted by molar-refractivity contribution is 6.07. The molecule has 0 atom stereocenters. The maximum atomic E-state index is 14.1. The van der Waals surface area contributed by atoms with E-state index in [9.17, 15) is 22.4 Å². The van der Waals surface area contributed by atoms with Crippen LogP contribution in [0.5, 0.6) is 11.6 Å². The first-order valence-electron chi connectivity index (χ1n) is 11.8. The monoisotopic (exact) mass is 548 g/mol. The molecule has 5 rings (SSSR count). The molecule has 40 heavy (non-hydrogen) atoms. The molecule has 2 amide bonds. The molecule has 202 valence electrons. The van der Waals surface area contributed by atoms with Gasteiger partial charge in [0.2, 0.25) is 11.8 Å². The number of anilines is 3. The number of amides is 2. The van der Waals surface area contributed by atoms with Gasteiger partial charge in [0, 0.05) is 30.2 Å². The first kappa shape index (κ1) is 26.4. The van der Waals surface area contributed by atoms with Gasteiger partial charge in [-0.25, -0.2) is 24.1 Å². The number of aromatic nitrogens is 3. The number of nitrogens with one attached hydrogen (secondary N) is 3. The molecule has 12 heteroatoms. The Balaban J connectivity index is 1.43. The van der Waals surface area contributed by atoms with E-state index in [1.165, 1.54) is 0 Å². The van der Waals surface area contributed by atoms with Crippen molar-refractivity contribution in [3.05, 3.63) is 96.6 Å². The van der Waals surface area contributed by atoms with Crippen LogP contribution in [0.15, 0.2) is 85.2 Å². The molecule has 0 saturated carbocycles. The van der Waals surface area contributed by atoms with Crippen molar-refractivity contribution in [3.8, 4) is 22.9 Å². The van der Waals surface area contributed by atoms with E-state index in [0.717, 1.165) is 0 Å². The molecule has 2 heterocycles. The zero-order chi connectivity index (χ0) is 28.3. The maximum Gasteiger partial charge on any atom is 0.416 e. The van der Waals surface area contributed by atoms with Crippen LogP contribution in [0.1, 0.15) is 5.56 Å². The van der Waals surface area contributed by atoms with Crippen molar-refractivity contribution < 1.29 is 27.1 Å². The fourth-order valence-corrected chi connectivity index (χ4v) is 3.94. The van der Waals surface area contributed by atoms with Gasteiger partial charge in [0.15, 0.2) is 0 Å². The number of pyridine rings is 1. The second kappa shape index (κ2) is 10.8. The average molecular weight is 549 g/mol. The van der Waals surface area contributed by atoms with Crippen LogP contribution in [-0.2, 0) is 6.18 Å². The van der Waals surface area contributed by atoms with Gasteiger partial charge in [-0.05, 0) is 48.5 Å². The smallest absolute Gasteiger partial charge is 0.416 e. The molecule has 0 fully saturated rings. The fourth-order valence-electron chi connectivity index (χ4n) is 3.94. The lowest BCUT2D eigenvalue weighted by Gasteiger charge is -2.15. The van der Waals surface area contributed by atoms with Crippen molar-refractivity contribution in [2.24, 2.45) is 0 Å². The van der Waals surface area contributed by atoms with Crippen LogP contribution in [-0.4, -0.2) is 28.0 Å². The summed E-state index contributed by atoms with van der Waals surface area (Å²) >= 11 is 0. The predicted octanol–water partition coefficient (Wildman–Crippen LogP) is 7.33. The van der Waals surface area contributed by atoms with Gasteiger partial charge in [0.25, 0.3) is 0 Å². The summed E-state index contributed by atoms with van der Waals surface area (Å²) in [6.07, 6.45) is -1.51. The minimum absolute atomic E-state index is 0.284. The molecule has 3 N–H and O–H groups in total. The Bertz CT molecular complexity index is 1710. The summed E-state index contributed by atoms with van der Waals surface area (Å²) in [4.78, 5) is 25.6. The number of carbonyl (C=O) groups is 1. The maximum absolute atomic E-state index is 14.1. The van der Waals surface area contributed by atoms with E-state index in [1.807, 2.05) is 0 Å². The van der Waals surface area contributed by atoms with Crippen molar-refractivity contribution in [1.29, 1.82) is 0 Å². The Kier molecular flexibility index (Phi) is 7.15. The summed E-state index contributed by atoms with van der Waals surface area (Å²) in [6, 6.07) is 16.3. The normalized spacial score (nSPS) is 11.2. The van der Waals surface area contributed by atoms with Gasteiger partial charge < -0.3 is 20.7 Å². The van der Waals surface area contributed by atoms with Gasteiger partial charge in [-0.15, -0.1) is 0 Å². The molecule has 0 spiro atoms. The van der Waals surface area contributed by atoms with Gasteiger partial charge >= 0.3 is 12.2 Å². The topological polar surface area (TPSA) is 101 Å². The van der Waals surface area contributed by atoms with Crippen molar-refractivity contribution in [1.82, 2.24) is 15.0 Å². The first-order valence-corrected chi connectivity index (χ1v) is 11.8. The second-order valence-electron chi connectivity index (χ2n) is 8.40. The summed E-state index contributed by atoms with van der Waals surface area (Å²) in [7, 11) is 1.71. The molecule has 8 nitrogen and oxygen atoms in total. The number of carbonyl (C=O) groups excluding carboxylic acids is 1. The number of rotatable bonds is 6. The zero-order valence-corrected chi connectivity index (χ0v) is 20.8. The third-order valence-electron chi connectivity index (χ3n) is 5.81. The van der Waals surface area contributed by atoms with Gasteiger partial charge in [-0.3, -0.25) is 0 Å². The summed E-state index contributed by atoms with van der Waals surface area (Å²) < 4.78 is 59.4. The zero-order valence-electron chi connectivity index (χ0n) is 20.8. The number of alkyl halides is 3. The summed E-state index contributed by atoms with van der Waals surface area (Å²) in [5.74, 6) is 0.130. The highest BCUT2D eigenvalue weighted by Gasteiger charge is 2.31. The number of nitrogens with zero attached hydrogens (tertiary/aromatic N) is 3. The first-order chi connectivity index (χ1) is 19.2. The number of hydrogen-bond donors (Lipinski definition) is 3. The Labute approximate surface area is 225 Å². The molecule has 5 aromatic rings. The van der Waals surface area contributed by atoms with E-state index in [0.29, 0.717) is 57.6 Å². The third kappa shape index (κ3) is 5.60. The lowest BCUT2D eigenvalue weighted by molar-refractivity contribution is -0.137. The quantitative estimate of drug-likeness (QED) is 0.192. The van der Waals surface area contributed by atoms with Crippen LogP contribution < -0.4 is 20.7 Å². The van der Waals surface area contributed by atoms with Crippen LogP contribution in [0.2, 0.25) is 0 Å².